The van der Waals surface area contributed by atoms with E-state index in [1.165, 1.54) is 0 Å². The molecule has 0 bridgehead atoms. The number of morpholine rings is 1. The minimum absolute atomic E-state index is 0.000435. The topological polar surface area (TPSA) is 63.7 Å². The van der Waals surface area contributed by atoms with Crippen molar-refractivity contribution in [2.45, 2.75) is 6.04 Å². The highest BCUT2D eigenvalue weighted by Crippen LogP contribution is 2.23. The Bertz CT molecular complexity index is 670. The van der Waals surface area contributed by atoms with E-state index in [1.807, 2.05) is 36.4 Å². The van der Waals surface area contributed by atoms with Crippen LogP contribution in [-0.2, 0) is 9.53 Å². The summed E-state index contributed by atoms with van der Waals surface area (Å²) in [5, 5.41) is 3.14. The van der Waals surface area contributed by atoms with Gasteiger partial charge in [0.25, 0.3) is 0 Å². The summed E-state index contributed by atoms with van der Waals surface area (Å²) in [5.41, 5.74) is 2.00. The zero-order chi connectivity index (χ0) is 17.5. The molecule has 0 aliphatic carbocycles. The van der Waals surface area contributed by atoms with Gasteiger partial charge < -0.3 is 14.8 Å². The molecule has 0 spiro atoms. The van der Waals surface area contributed by atoms with Gasteiger partial charge in [0, 0.05) is 25.5 Å². The van der Waals surface area contributed by atoms with E-state index >= 15 is 0 Å². The maximum Gasteiger partial charge on any atom is 0.234 e. The number of nitrogens with zero attached hydrogens (tertiary/aromatic N) is 2. The molecule has 2 aromatic rings. The summed E-state index contributed by atoms with van der Waals surface area (Å²) in [6.07, 6.45) is 3.47. The van der Waals surface area contributed by atoms with Crippen LogP contribution in [-0.4, -0.2) is 55.7 Å². The number of nitrogens with one attached hydrogen (secondary N) is 1. The van der Waals surface area contributed by atoms with E-state index in [1.54, 1.807) is 19.5 Å². The zero-order valence-electron chi connectivity index (χ0n) is 14.4. The summed E-state index contributed by atoms with van der Waals surface area (Å²) >= 11 is 0. The molecule has 1 aliphatic rings. The second-order valence-electron chi connectivity index (χ2n) is 5.94. The molecule has 2 heterocycles. The Balaban J connectivity index is 1.75. The van der Waals surface area contributed by atoms with Crippen LogP contribution in [0.1, 0.15) is 17.2 Å². The van der Waals surface area contributed by atoms with Crippen LogP contribution in [0.3, 0.4) is 0 Å². The van der Waals surface area contributed by atoms with Gasteiger partial charge in [-0.15, -0.1) is 0 Å². The van der Waals surface area contributed by atoms with E-state index in [4.69, 9.17) is 9.47 Å². The maximum absolute atomic E-state index is 12.6. The van der Waals surface area contributed by atoms with Crippen molar-refractivity contribution in [1.29, 1.82) is 0 Å². The molecule has 0 radical (unpaired) electrons. The van der Waals surface area contributed by atoms with Crippen LogP contribution in [0.15, 0.2) is 48.8 Å². The van der Waals surface area contributed by atoms with E-state index in [0.717, 1.165) is 30.0 Å². The van der Waals surface area contributed by atoms with Crippen LogP contribution in [0.2, 0.25) is 0 Å². The summed E-state index contributed by atoms with van der Waals surface area (Å²) in [6.45, 7) is 3.31. The molecule has 1 N–H and O–H groups in total. The van der Waals surface area contributed by atoms with E-state index in [9.17, 15) is 4.79 Å². The average molecular weight is 341 g/mol. The molecule has 25 heavy (non-hydrogen) atoms. The minimum atomic E-state index is -0.220. The van der Waals surface area contributed by atoms with Gasteiger partial charge in [-0.2, -0.15) is 0 Å². The number of amides is 1. The fraction of sp³-hybridized carbons (Fsp3) is 0.368. The van der Waals surface area contributed by atoms with Gasteiger partial charge in [0.1, 0.15) is 5.75 Å². The van der Waals surface area contributed by atoms with Gasteiger partial charge in [0.2, 0.25) is 5.91 Å². The van der Waals surface area contributed by atoms with Gasteiger partial charge in [-0.1, -0.05) is 12.1 Å². The van der Waals surface area contributed by atoms with Crippen molar-refractivity contribution < 1.29 is 14.3 Å². The lowest BCUT2D eigenvalue weighted by atomic mass is 9.99. The number of rotatable bonds is 6. The van der Waals surface area contributed by atoms with Crippen LogP contribution in [0.4, 0.5) is 0 Å². The normalized spacial score (nSPS) is 16.2. The highest BCUT2D eigenvalue weighted by atomic mass is 16.5. The average Bonchev–Trinajstić information content (AvgIpc) is 2.68. The Morgan fingerprint density at radius 2 is 1.80 bits per heavy atom. The van der Waals surface area contributed by atoms with Crippen molar-refractivity contribution >= 4 is 5.91 Å². The van der Waals surface area contributed by atoms with Gasteiger partial charge in [0.05, 0.1) is 32.9 Å². The molecule has 1 amide bonds. The van der Waals surface area contributed by atoms with Gasteiger partial charge >= 0.3 is 0 Å². The third-order valence-corrected chi connectivity index (χ3v) is 4.26. The number of benzene rings is 1. The van der Waals surface area contributed by atoms with E-state index in [-0.39, 0.29) is 11.9 Å². The van der Waals surface area contributed by atoms with Crippen molar-refractivity contribution in [2.75, 3.05) is 40.0 Å². The van der Waals surface area contributed by atoms with Gasteiger partial charge in [-0.25, -0.2) is 0 Å². The Morgan fingerprint density at radius 1 is 1.16 bits per heavy atom. The van der Waals surface area contributed by atoms with Crippen molar-refractivity contribution in [3.8, 4) is 5.75 Å². The Hall–Kier alpha value is -2.44. The van der Waals surface area contributed by atoms with Crippen molar-refractivity contribution in [3.63, 3.8) is 0 Å². The third kappa shape index (κ3) is 4.78. The van der Waals surface area contributed by atoms with Crippen molar-refractivity contribution in [3.05, 3.63) is 59.9 Å². The van der Waals surface area contributed by atoms with E-state index in [2.05, 4.69) is 15.2 Å². The number of carbonyl (C=O) groups excluding carboxylic acids is 1. The maximum atomic E-state index is 12.6. The van der Waals surface area contributed by atoms with Crippen LogP contribution in [0, 0.1) is 0 Å². The Kier molecular flexibility index (Phi) is 5.98. The van der Waals surface area contributed by atoms with Crippen LogP contribution >= 0.6 is 0 Å². The Morgan fingerprint density at radius 3 is 2.44 bits per heavy atom. The molecular formula is C19H23N3O3. The predicted octanol–water partition coefficient (Wildman–Crippen LogP) is 1.63. The monoisotopic (exact) mass is 341 g/mol. The number of carbonyl (C=O) groups is 1. The zero-order valence-corrected chi connectivity index (χ0v) is 14.4. The summed E-state index contributed by atoms with van der Waals surface area (Å²) in [7, 11) is 1.64. The predicted molar refractivity (Wildman–Crippen MR) is 94.5 cm³/mol. The molecule has 1 atom stereocenters. The first-order valence-corrected chi connectivity index (χ1v) is 8.39. The molecule has 1 aliphatic heterocycles. The molecule has 1 aromatic carbocycles. The fourth-order valence-corrected chi connectivity index (χ4v) is 2.88. The lowest BCUT2D eigenvalue weighted by molar-refractivity contribution is -0.123. The summed E-state index contributed by atoms with van der Waals surface area (Å²) in [5.74, 6) is 0.788. The number of methoxy groups -OCH3 is 1. The van der Waals surface area contributed by atoms with Gasteiger partial charge in [-0.05, 0) is 35.4 Å². The standard InChI is InChI=1S/C19H23N3O3/c1-24-17-4-2-15(3-5-17)19(16-6-8-20-9-7-16)21-18(23)14-22-10-12-25-13-11-22/h2-9,19H,10-14H2,1H3,(H,21,23). The summed E-state index contributed by atoms with van der Waals surface area (Å²) in [6, 6.07) is 11.4. The van der Waals surface area contributed by atoms with Crippen LogP contribution in [0.5, 0.6) is 5.75 Å². The molecule has 0 saturated carbocycles. The second-order valence-corrected chi connectivity index (χ2v) is 5.94. The molecule has 3 rings (SSSR count). The molecule has 1 saturated heterocycles. The second kappa shape index (κ2) is 8.60. The third-order valence-electron chi connectivity index (χ3n) is 4.26. The summed E-state index contributed by atoms with van der Waals surface area (Å²) in [4.78, 5) is 18.7. The number of ether oxygens (including phenoxy) is 2. The first-order chi connectivity index (χ1) is 12.3. The van der Waals surface area contributed by atoms with E-state index < -0.39 is 0 Å². The molecule has 1 unspecified atom stereocenters. The Labute approximate surface area is 147 Å². The van der Waals surface area contributed by atoms with Crippen molar-refractivity contribution in [1.82, 2.24) is 15.2 Å². The number of hydrogen-bond acceptors (Lipinski definition) is 5. The number of aromatic nitrogens is 1. The smallest absolute Gasteiger partial charge is 0.234 e. The molecule has 6 nitrogen and oxygen atoms in total. The first-order valence-electron chi connectivity index (χ1n) is 8.39. The summed E-state index contributed by atoms with van der Waals surface area (Å²) < 4.78 is 10.6. The highest BCUT2D eigenvalue weighted by molar-refractivity contribution is 5.79. The lowest BCUT2D eigenvalue weighted by Gasteiger charge is -2.27. The van der Waals surface area contributed by atoms with Crippen molar-refractivity contribution in [2.24, 2.45) is 0 Å². The van der Waals surface area contributed by atoms with Crippen LogP contribution in [0.25, 0.3) is 0 Å². The quantitative estimate of drug-likeness (QED) is 0.865. The first kappa shape index (κ1) is 17.4. The number of hydrogen-bond donors (Lipinski definition) is 1. The highest BCUT2D eigenvalue weighted by Gasteiger charge is 2.20. The van der Waals surface area contributed by atoms with Gasteiger partial charge in [-0.3, -0.25) is 14.7 Å². The molecule has 6 heteroatoms. The fourth-order valence-electron chi connectivity index (χ4n) is 2.88. The van der Waals surface area contributed by atoms with Crippen LogP contribution < -0.4 is 10.1 Å². The van der Waals surface area contributed by atoms with E-state index in [0.29, 0.717) is 19.8 Å². The number of pyridine rings is 1. The molecule has 1 aromatic heterocycles. The largest absolute Gasteiger partial charge is 0.497 e. The molecular weight excluding hydrogens is 318 g/mol. The molecule has 132 valence electrons. The minimum Gasteiger partial charge on any atom is -0.497 e. The van der Waals surface area contributed by atoms with Gasteiger partial charge in [0.15, 0.2) is 0 Å². The molecule has 1 fully saturated rings. The SMILES string of the molecule is COc1ccc(C(NC(=O)CN2CCOCC2)c2ccncc2)cc1. The lowest BCUT2D eigenvalue weighted by Crippen LogP contribution is -2.44.